The van der Waals surface area contributed by atoms with E-state index in [4.69, 9.17) is 11.6 Å². The average molecular weight is 355 g/mol. The van der Waals surface area contributed by atoms with Crippen LogP contribution >= 0.6 is 22.9 Å². The summed E-state index contributed by atoms with van der Waals surface area (Å²) in [6.07, 6.45) is 3.69. The van der Waals surface area contributed by atoms with Gasteiger partial charge in [0.15, 0.2) is 5.13 Å². The quantitative estimate of drug-likeness (QED) is 0.883. The number of carbonyl (C=O) groups excluding carboxylic acids is 1. The van der Waals surface area contributed by atoms with Crippen molar-refractivity contribution in [1.29, 1.82) is 0 Å². The molecule has 1 aromatic carbocycles. The molecule has 0 aliphatic carbocycles. The van der Waals surface area contributed by atoms with Crippen LogP contribution in [-0.4, -0.2) is 30.1 Å². The summed E-state index contributed by atoms with van der Waals surface area (Å²) in [5, 5.41) is 8.51. The Morgan fingerprint density at radius 1 is 1.48 bits per heavy atom. The molecule has 1 fully saturated rings. The van der Waals surface area contributed by atoms with E-state index in [1.165, 1.54) is 18.2 Å². The van der Waals surface area contributed by atoms with Gasteiger partial charge < -0.3 is 15.5 Å². The van der Waals surface area contributed by atoms with Crippen LogP contribution in [0.1, 0.15) is 12.8 Å². The number of hydrogen-bond donors (Lipinski definition) is 2. The Hall–Kier alpha value is -1.86. The predicted molar refractivity (Wildman–Crippen MR) is 90.9 cm³/mol. The third-order valence-electron chi connectivity index (χ3n) is 3.62. The number of rotatable bonds is 3. The monoisotopic (exact) mass is 354 g/mol. The zero-order valence-electron chi connectivity index (χ0n) is 12.3. The number of benzene rings is 1. The number of nitrogens with one attached hydrogen (secondary N) is 2. The molecule has 1 unspecified atom stereocenters. The fourth-order valence-electron chi connectivity index (χ4n) is 2.57. The minimum absolute atomic E-state index is 0.0181. The second kappa shape index (κ2) is 7.14. The largest absolute Gasteiger partial charge is 0.346 e. The summed E-state index contributed by atoms with van der Waals surface area (Å²) < 4.78 is 13.1. The van der Waals surface area contributed by atoms with Crippen molar-refractivity contribution in [3.63, 3.8) is 0 Å². The highest BCUT2D eigenvalue weighted by atomic mass is 35.5. The molecule has 1 aliphatic rings. The fraction of sp³-hybridized carbons (Fsp3) is 0.333. The van der Waals surface area contributed by atoms with Crippen molar-refractivity contribution >= 4 is 39.8 Å². The first-order valence-electron chi connectivity index (χ1n) is 7.29. The molecule has 2 aromatic rings. The third-order valence-corrected chi connectivity index (χ3v) is 4.75. The Balaban J connectivity index is 1.55. The molecule has 3 rings (SSSR count). The van der Waals surface area contributed by atoms with Crippen LogP contribution in [0.2, 0.25) is 5.02 Å². The lowest BCUT2D eigenvalue weighted by Crippen LogP contribution is -2.49. The number of urea groups is 1. The Bertz CT molecular complexity index is 682. The third kappa shape index (κ3) is 4.11. The molecule has 0 bridgehead atoms. The minimum atomic E-state index is -0.510. The molecule has 1 saturated heterocycles. The van der Waals surface area contributed by atoms with Gasteiger partial charge in [0.2, 0.25) is 0 Å². The van der Waals surface area contributed by atoms with E-state index in [0.29, 0.717) is 5.69 Å². The average Bonchev–Trinajstić information content (AvgIpc) is 3.05. The standard InChI is InChI=1S/C15H16ClFN4OS/c16-12-8-10(3-4-13(12)17)19-14(22)20-11-2-1-6-21(9-11)15-18-5-7-23-15/h3-5,7-8,11H,1-2,6,9H2,(H2,19,20,22). The van der Waals surface area contributed by atoms with Crippen molar-refractivity contribution in [2.45, 2.75) is 18.9 Å². The molecule has 0 spiro atoms. The Labute approximate surface area is 142 Å². The van der Waals surface area contributed by atoms with E-state index in [-0.39, 0.29) is 17.1 Å². The molecule has 2 N–H and O–H groups in total. The van der Waals surface area contributed by atoms with E-state index in [0.717, 1.165) is 31.1 Å². The normalized spacial score (nSPS) is 17.8. The molecule has 8 heteroatoms. The van der Waals surface area contributed by atoms with Gasteiger partial charge in [-0.05, 0) is 31.0 Å². The van der Waals surface area contributed by atoms with E-state index >= 15 is 0 Å². The van der Waals surface area contributed by atoms with E-state index in [9.17, 15) is 9.18 Å². The summed E-state index contributed by atoms with van der Waals surface area (Å²) in [6.45, 7) is 1.67. The smallest absolute Gasteiger partial charge is 0.319 e. The highest BCUT2D eigenvalue weighted by Crippen LogP contribution is 2.22. The Morgan fingerprint density at radius 3 is 3.09 bits per heavy atom. The van der Waals surface area contributed by atoms with Crippen LogP contribution < -0.4 is 15.5 Å². The van der Waals surface area contributed by atoms with Gasteiger partial charge in [-0.1, -0.05) is 11.6 Å². The molecular formula is C15H16ClFN4OS. The van der Waals surface area contributed by atoms with Crippen molar-refractivity contribution in [3.8, 4) is 0 Å². The molecule has 23 heavy (non-hydrogen) atoms. The first-order valence-corrected chi connectivity index (χ1v) is 8.54. The summed E-state index contributed by atoms with van der Waals surface area (Å²) in [6, 6.07) is 3.81. The van der Waals surface area contributed by atoms with Gasteiger partial charge in [-0.3, -0.25) is 0 Å². The lowest BCUT2D eigenvalue weighted by atomic mass is 10.1. The molecular weight excluding hydrogens is 339 g/mol. The van der Waals surface area contributed by atoms with Crippen molar-refractivity contribution in [2.75, 3.05) is 23.3 Å². The molecule has 5 nitrogen and oxygen atoms in total. The predicted octanol–water partition coefficient (Wildman–Crippen LogP) is 3.73. The van der Waals surface area contributed by atoms with Gasteiger partial charge >= 0.3 is 6.03 Å². The molecule has 2 heterocycles. The number of hydrogen-bond acceptors (Lipinski definition) is 4. The van der Waals surface area contributed by atoms with Crippen molar-refractivity contribution < 1.29 is 9.18 Å². The van der Waals surface area contributed by atoms with Crippen LogP contribution in [0.15, 0.2) is 29.8 Å². The number of aromatic nitrogens is 1. The second-order valence-corrected chi connectivity index (χ2v) is 6.61. The van der Waals surface area contributed by atoms with Crippen LogP contribution in [-0.2, 0) is 0 Å². The molecule has 122 valence electrons. The Morgan fingerprint density at radius 2 is 2.35 bits per heavy atom. The lowest BCUT2D eigenvalue weighted by molar-refractivity contribution is 0.246. The van der Waals surface area contributed by atoms with Gasteiger partial charge in [0.25, 0.3) is 0 Å². The maximum Gasteiger partial charge on any atom is 0.319 e. The SMILES string of the molecule is O=C(Nc1ccc(F)c(Cl)c1)NC1CCCN(c2nccs2)C1. The van der Waals surface area contributed by atoms with E-state index in [1.807, 2.05) is 5.38 Å². The molecule has 1 atom stereocenters. The highest BCUT2D eigenvalue weighted by Gasteiger charge is 2.22. The first kappa shape index (κ1) is 16.0. The van der Waals surface area contributed by atoms with Gasteiger partial charge in [0.1, 0.15) is 5.82 Å². The maximum atomic E-state index is 13.1. The number of nitrogens with zero attached hydrogens (tertiary/aromatic N) is 2. The number of piperidine rings is 1. The molecule has 1 aromatic heterocycles. The fourth-order valence-corrected chi connectivity index (χ4v) is 3.43. The van der Waals surface area contributed by atoms with E-state index in [2.05, 4.69) is 20.5 Å². The number of carbonyl (C=O) groups is 1. The Kier molecular flexibility index (Phi) is 4.97. The minimum Gasteiger partial charge on any atom is -0.346 e. The summed E-state index contributed by atoms with van der Waals surface area (Å²) in [5.41, 5.74) is 0.460. The number of anilines is 2. The van der Waals surface area contributed by atoms with Gasteiger partial charge in [-0.2, -0.15) is 0 Å². The summed E-state index contributed by atoms with van der Waals surface area (Å²) >= 11 is 7.30. The molecule has 1 aliphatic heterocycles. The maximum absolute atomic E-state index is 13.1. The van der Waals surface area contributed by atoms with Gasteiger partial charge in [0.05, 0.1) is 5.02 Å². The van der Waals surface area contributed by atoms with E-state index in [1.54, 1.807) is 17.5 Å². The van der Waals surface area contributed by atoms with Crippen LogP contribution in [0.4, 0.5) is 20.0 Å². The van der Waals surface area contributed by atoms with Gasteiger partial charge in [-0.25, -0.2) is 14.2 Å². The first-order chi connectivity index (χ1) is 11.1. The molecule has 0 saturated carbocycles. The summed E-state index contributed by atoms with van der Waals surface area (Å²) in [7, 11) is 0. The van der Waals surface area contributed by atoms with Crippen LogP contribution in [0.3, 0.4) is 0 Å². The zero-order chi connectivity index (χ0) is 16.2. The number of amides is 2. The van der Waals surface area contributed by atoms with Crippen molar-refractivity contribution in [2.24, 2.45) is 0 Å². The highest BCUT2D eigenvalue weighted by molar-refractivity contribution is 7.13. The van der Waals surface area contributed by atoms with Crippen LogP contribution in [0, 0.1) is 5.82 Å². The lowest BCUT2D eigenvalue weighted by Gasteiger charge is -2.32. The van der Waals surface area contributed by atoms with Crippen molar-refractivity contribution in [3.05, 3.63) is 40.6 Å². The van der Waals surface area contributed by atoms with Crippen LogP contribution in [0.25, 0.3) is 0 Å². The topological polar surface area (TPSA) is 57.3 Å². The van der Waals surface area contributed by atoms with E-state index < -0.39 is 5.82 Å². The van der Waals surface area contributed by atoms with Crippen molar-refractivity contribution in [1.82, 2.24) is 10.3 Å². The second-order valence-electron chi connectivity index (χ2n) is 5.33. The molecule has 2 amide bonds. The van der Waals surface area contributed by atoms with Gasteiger partial charge in [-0.15, -0.1) is 11.3 Å². The summed E-state index contributed by atoms with van der Waals surface area (Å²) in [4.78, 5) is 18.6. The number of halogens is 2. The number of thiazole rings is 1. The van der Waals surface area contributed by atoms with Crippen LogP contribution in [0.5, 0.6) is 0 Å². The summed E-state index contributed by atoms with van der Waals surface area (Å²) in [5.74, 6) is -0.510. The molecule has 0 radical (unpaired) electrons. The van der Waals surface area contributed by atoms with Gasteiger partial charge in [0, 0.05) is 36.4 Å². The zero-order valence-corrected chi connectivity index (χ0v) is 13.8.